The zero-order valence-electron chi connectivity index (χ0n) is 7.40. The van der Waals surface area contributed by atoms with Gasteiger partial charge in [0.25, 0.3) is 0 Å². The maximum absolute atomic E-state index is 5.54. The first-order chi connectivity index (χ1) is 6.40. The van der Waals surface area contributed by atoms with Gasteiger partial charge in [0.1, 0.15) is 0 Å². The first kappa shape index (κ1) is 8.69. The van der Waals surface area contributed by atoms with Gasteiger partial charge in [0, 0.05) is 12.1 Å². The second-order valence-electron chi connectivity index (χ2n) is 3.02. The number of hydrogen-bond donors (Lipinski definition) is 1. The van der Waals surface area contributed by atoms with E-state index >= 15 is 0 Å². The maximum Gasteiger partial charge on any atom is 0.184 e. The van der Waals surface area contributed by atoms with Crippen molar-refractivity contribution in [2.45, 2.75) is 12.8 Å². The molecule has 0 amide bonds. The summed E-state index contributed by atoms with van der Waals surface area (Å²) in [6, 6.07) is 7.99. The van der Waals surface area contributed by atoms with Gasteiger partial charge in [0.2, 0.25) is 0 Å². The Labute approximate surface area is 77.5 Å². The Hall–Kier alpha value is -0.900. The van der Waals surface area contributed by atoms with Gasteiger partial charge >= 0.3 is 0 Å². The van der Waals surface area contributed by atoms with Gasteiger partial charge in [-0.2, -0.15) is 0 Å². The number of ether oxygens (including phenoxy) is 2. The van der Waals surface area contributed by atoms with Crippen LogP contribution in [0.1, 0.15) is 17.4 Å². The molecule has 0 aromatic heterocycles. The van der Waals surface area contributed by atoms with E-state index in [0.717, 1.165) is 11.1 Å². The molecule has 1 heterocycles. The van der Waals surface area contributed by atoms with Crippen molar-refractivity contribution in [2.75, 3.05) is 13.2 Å². The van der Waals surface area contributed by atoms with Crippen molar-refractivity contribution in [1.82, 2.24) is 0 Å². The Morgan fingerprint density at radius 1 is 1.31 bits per heavy atom. The van der Waals surface area contributed by atoms with E-state index in [9.17, 15) is 0 Å². The van der Waals surface area contributed by atoms with E-state index in [1.165, 1.54) is 0 Å². The Morgan fingerprint density at radius 2 is 2.08 bits per heavy atom. The van der Waals surface area contributed by atoms with Gasteiger partial charge in [-0.15, -0.1) is 0 Å². The molecule has 0 aliphatic carbocycles. The van der Waals surface area contributed by atoms with Gasteiger partial charge in [0.05, 0.1) is 13.2 Å². The molecule has 0 radical (unpaired) electrons. The summed E-state index contributed by atoms with van der Waals surface area (Å²) < 4.78 is 10.8. The van der Waals surface area contributed by atoms with Crippen LogP contribution < -0.4 is 5.73 Å². The second kappa shape index (κ2) is 3.87. The molecule has 1 fully saturated rings. The average molecular weight is 179 g/mol. The van der Waals surface area contributed by atoms with Crippen LogP contribution in [0.25, 0.3) is 0 Å². The summed E-state index contributed by atoms with van der Waals surface area (Å²) in [6.45, 7) is 1.91. The molecular weight excluding hydrogens is 166 g/mol. The van der Waals surface area contributed by atoms with Crippen LogP contribution in [0.2, 0.25) is 0 Å². The molecule has 1 aliphatic heterocycles. The third kappa shape index (κ3) is 1.88. The molecule has 0 saturated carbocycles. The van der Waals surface area contributed by atoms with Crippen molar-refractivity contribution in [3.8, 4) is 0 Å². The summed E-state index contributed by atoms with van der Waals surface area (Å²) in [5.41, 5.74) is 7.70. The normalized spacial score (nSPS) is 17.9. The molecule has 3 nitrogen and oxygen atoms in total. The molecule has 0 spiro atoms. The van der Waals surface area contributed by atoms with Gasteiger partial charge in [-0.05, 0) is 11.6 Å². The van der Waals surface area contributed by atoms with Crippen molar-refractivity contribution in [1.29, 1.82) is 0 Å². The number of hydrogen-bond acceptors (Lipinski definition) is 3. The predicted molar refractivity (Wildman–Crippen MR) is 49.0 cm³/mol. The molecule has 3 heteroatoms. The molecule has 1 aromatic carbocycles. The summed E-state index contributed by atoms with van der Waals surface area (Å²) in [5.74, 6) is 0. The van der Waals surface area contributed by atoms with E-state index in [-0.39, 0.29) is 6.29 Å². The lowest BCUT2D eigenvalue weighted by Crippen LogP contribution is -2.01. The largest absolute Gasteiger partial charge is 0.346 e. The van der Waals surface area contributed by atoms with E-state index in [4.69, 9.17) is 15.2 Å². The van der Waals surface area contributed by atoms with Crippen molar-refractivity contribution < 1.29 is 9.47 Å². The maximum atomic E-state index is 5.54. The van der Waals surface area contributed by atoms with E-state index in [1.54, 1.807) is 0 Å². The minimum Gasteiger partial charge on any atom is -0.346 e. The number of benzene rings is 1. The van der Waals surface area contributed by atoms with Gasteiger partial charge in [-0.25, -0.2) is 0 Å². The lowest BCUT2D eigenvalue weighted by molar-refractivity contribution is -0.0441. The fraction of sp³-hybridized carbons (Fsp3) is 0.400. The van der Waals surface area contributed by atoms with Crippen LogP contribution in [0.4, 0.5) is 0 Å². The van der Waals surface area contributed by atoms with Crippen LogP contribution in [0.15, 0.2) is 24.3 Å². The molecule has 13 heavy (non-hydrogen) atoms. The monoisotopic (exact) mass is 179 g/mol. The lowest BCUT2D eigenvalue weighted by Gasteiger charge is -2.09. The van der Waals surface area contributed by atoms with Crippen LogP contribution in [0.5, 0.6) is 0 Å². The van der Waals surface area contributed by atoms with Crippen LogP contribution in [-0.4, -0.2) is 13.2 Å². The molecule has 0 bridgehead atoms. The highest BCUT2D eigenvalue weighted by atomic mass is 16.7. The predicted octanol–water partition coefficient (Wildman–Crippen LogP) is 1.19. The smallest absolute Gasteiger partial charge is 0.184 e. The summed E-state index contributed by atoms with van der Waals surface area (Å²) in [4.78, 5) is 0. The topological polar surface area (TPSA) is 44.5 Å². The van der Waals surface area contributed by atoms with Crippen LogP contribution in [-0.2, 0) is 16.0 Å². The van der Waals surface area contributed by atoms with Gasteiger partial charge < -0.3 is 15.2 Å². The zero-order valence-corrected chi connectivity index (χ0v) is 7.40. The standard InChI is InChI=1S/C10H13NO2/c11-7-8-2-1-3-9(6-8)10-12-4-5-13-10/h1-3,6,10H,4-5,7,11H2. The quantitative estimate of drug-likeness (QED) is 0.741. The minimum absolute atomic E-state index is 0.188. The number of rotatable bonds is 2. The Balaban J connectivity index is 2.18. The average Bonchev–Trinajstić information content (AvgIpc) is 2.71. The van der Waals surface area contributed by atoms with Gasteiger partial charge in [0.15, 0.2) is 6.29 Å². The first-order valence-corrected chi connectivity index (χ1v) is 4.42. The highest BCUT2D eigenvalue weighted by Gasteiger charge is 2.17. The molecule has 1 aliphatic rings. The molecule has 70 valence electrons. The summed E-state index contributed by atoms with van der Waals surface area (Å²) in [5, 5.41) is 0. The van der Waals surface area contributed by atoms with Gasteiger partial charge in [-0.3, -0.25) is 0 Å². The molecule has 1 aromatic rings. The van der Waals surface area contributed by atoms with Crippen molar-refractivity contribution in [3.63, 3.8) is 0 Å². The summed E-state index contributed by atoms with van der Waals surface area (Å²) in [6.07, 6.45) is -0.188. The molecule has 0 atom stereocenters. The van der Waals surface area contributed by atoms with Crippen LogP contribution in [0.3, 0.4) is 0 Å². The molecule has 1 saturated heterocycles. The zero-order chi connectivity index (χ0) is 9.10. The summed E-state index contributed by atoms with van der Waals surface area (Å²) >= 11 is 0. The Morgan fingerprint density at radius 3 is 2.77 bits per heavy atom. The van der Waals surface area contributed by atoms with E-state index in [1.807, 2.05) is 24.3 Å². The molecular formula is C10H13NO2. The highest BCUT2D eigenvalue weighted by Crippen LogP contribution is 2.23. The Kier molecular flexibility index (Phi) is 2.59. The van der Waals surface area contributed by atoms with E-state index in [2.05, 4.69) is 0 Å². The fourth-order valence-corrected chi connectivity index (χ4v) is 1.42. The van der Waals surface area contributed by atoms with E-state index < -0.39 is 0 Å². The first-order valence-electron chi connectivity index (χ1n) is 4.42. The fourth-order valence-electron chi connectivity index (χ4n) is 1.42. The van der Waals surface area contributed by atoms with Crippen molar-refractivity contribution in [2.24, 2.45) is 5.73 Å². The molecule has 0 unspecified atom stereocenters. The second-order valence-corrected chi connectivity index (χ2v) is 3.02. The van der Waals surface area contributed by atoms with Gasteiger partial charge in [-0.1, -0.05) is 18.2 Å². The Bertz CT molecular complexity index is 282. The minimum atomic E-state index is -0.188. The lowest BCUT2D eigenvalue weighted by atomic mass is 10.1. The highest BCUT2D eigenvalue weighted by molar-refractivity contribution is 5.24. The molecule has 2 N–H and O–H groups in total. The van der Waals surface area contributed by atoms with Crippen LogP contribution in [0, 0.1) is 0 Å². The molecule has 2 rings (SSSR count). The third-order valence-electron chi connectivity index (χ3n) is 2.08. The summed E-state index contributed by atoms with van der Waals surface area (Å²) in [7, 11) is 0. The number of nitrogens with two attached hydrogens (primary N) is 1. The van der Waals surface area contributed by atoms with Crippen LogP contribution >= 0.6 is 0 Å². The van der Waals surface area contributed by atoms with Crippen molar-refractivity contribution >= 4 is 0 Å². The third-order valence-corrected chi connectivity index (χ3v) is 2.08. The van der Waals surface area contributed by atoms with E-state index in [0.29, 0.717) is 19.8 Å². The van der Waals surface area contributed by atoms with Crippen molar-refractivity contribution in [3.05, 3.63) is 35.4 Å². The SMILES string of the molecule is NCc1cccc(C2OCCO2)c1.